The molecular weight excluding hydrogens is 305 g/mol. The van der Waals surface area contributed by atoms with Crippen molar-refractivity contribution >= 4 is 28.5 Å². The molecule has 0 saturated carbocycles. The number of aromatic hydroxyl groups is 1. The smallest absolute Gasteiger partial charge is 0.403 e. The van der Waals surface area contributed by atoms with E-state index in [1.165, 1.54) is 12.1 Å². The first-order valence-corrected chi connectivity index (χ1v) is 6.92. The van der Waals surface area contributed by atoms with Crippen LogP contribution in [0.2, 0.25) is 0 Å². The quantitative estimate of drug-likeness (QED) is 0.840. The number of hydrogen-bond donors (Lipinski definition) is 2. The fraction of sp³-hybridized carbons (Fsp3) is 0.214. The minimum Gasteiger partial charge on any atom is -0.507 e. The number of phenols is 1. The lowest BCUT2D eigenvalue weighted by molar-refractivity contribution is -0.188. The van der Waals surface area contributed by atoms with Gasteiger partial charge in [0.15, 0.2) is 5.92 Å². The number of thioether (sulfide) groups is 1. The summed E-state index contributed by atoms with van der Waals surface area (Å²) in [5, 5.41) is 19.5. The Morgan fingerprint density at radius 3 is 2.33 bits per heavy atom. The first-order chi connectivity index (χ1) is 9.80. The highest BCUT2D eigenvalue weighted by atomic mass is 32.2. The van der Waals surface area contributed by atoms with Gasteiger partial charge in [-0.25, -0.2) is 0 Å². The molecule has 0 aliphatic rings. The zero-order chi connectivity index (χ0) is 15.6. The van der Waals surface area contributed by atoms with Crippen LogP contribution < -0.4 is 0 Å². The van der Waals surface area contributed by atoms with Crippen LogP contribution in [0.5, 0.6) is 5.75 Å². The predicted octanol–water partition coefficient (Wildman–Crippen LogP) is 3.90. The van der Waals surface area contributed by atoms with Gasteiger partial charge in [0.1, 0.15) is 5.75 Å². The summed E-state index contributed by atoms with van der Waals surface area (Å²) in [6.07, 6.45) is -4.79. The van der Waals surface area contributed by atoms with Crippen molar-refractivity contribution in [3.63, 3.8) is 0 Å². The minimum atomic E-state index is -4.79. The molecule has 1 atom stereocenters. The third-order valence-electron chi connectivity index (χ3n) is 2.96. The van der Waals surface area contributed by atoms with Crippen LogP contribution in [0.3, 0.4) is 0 Å². The van der Waals surface area contributed by atoms with E-state index in [-0.39, 0.29) is 5.75 Å². The van der Waals surface area contributed by atoms with E-state index in [2.05, 4.69) is 0 Å². The SMILES string of the molecule is O=C(O)C(CSc1ccc(O)c2ccccc12)C(F)(F)F. The van der Waals surface area contributed by atoms with Crippen LogP contribution >= 0.6 is 11.8 Å². The fourth-order valence-electron chi connectivity index (χ4n) is 1.86. The first-order valence-electron chi connectivity index (χ1n) is 5.93. The standard InChI is InChI=1S/C14H11F3O3S/c15-14(16,17)10(13(19)20)7-21-12-6-5-11(18)8-3-1-2-4-9(8)12/h1-6,10,18H,7H2,(H,19,20). The molecule has 2 aromatic carbocycles. The molecule has 0 saturated heterocycles. The Hall–Kier alpha value is -1.89. The van der Waals surface area contributed by atoms with Crippen molar-refractivity contribution in [2.24, 2.45) is 5.92 Å². The molecule has 7 heteroatoms. The van der Waals surface area contributed by atoms with E-state index in [1.54, 1.807) is 24.3 Å². The third-order valence-corrected chi connectivity index (χ3v) is 4.13. The van der Waals surface area contributed by atoms with Gasteiger partial charge in [0.05, 0.1) is 0 Å². The summed E-state index contributed by atoms with van der Waals surface area (Å²) < 4.78 is 37.9. The van der Waals surface area contributed by atoms with E-state index in [9.17, 15) is 23.1 Å². The number of hydrogen-bond acceptors (Lipinski definition) is 3. The molecule has 0 radical (unpaired) electrons. The first kappa shape index (κ1) is 15.5. The van der Waals surface area contributed by atoms with Crippen molar-refractivity contribution in [3.05, 3.63) is 36.4 Å². The molecule has 0 spiro atoms. The minimum absolute atomic E-state index is 0.0283. The van der Waals surface area contributed by atoms with Gasteiger partial charge in [0.25, 0.3) is 0 Å². The molecule has 0 aliphatic heterocycles. The number of alkyl halides is 3. The average Bonchev–Trinajstić information content (AvgIpc) is 2.40. The second-order valence-corrected chi connectivity index (χ2v) is 5.43. The van der Waals surface area contributed by atoms with E-state index in [1.807, 2.05) is 0 Å². The van der Waals surface area contributed by atoms with Gasteiger partial charge in [0.2, 0.25) is 0 Å². The van der Waals surface area contributed by atoms with Gasteiger partial charge in [0, 0.05) is 16.0 Å². The van der Waals surface area contributed by atoms with Crippen molar-refractivity contribution in [3.8, 4) is 5.75 Å². The third kappa shape index (κ3) is 3.41. The van der Waals surface area contributed by atoms with Crippen LogP contribution in [-0.4, -0.2) is 28.1 Å². The van der Waals surface area contributed by atoms with Crippen LogP contribution in [0.1, 0.15) is 0 Å². The second-order valence-electron chi connectivity index (χ2n) is 4.37. The maximum Gasteiger partial charge on any atom is 0.403 e. The Morgan fingerprint density at radius 2 is 1.76 bits per heavy atom. The molecule has 0 aromatic heterocycles. The van der Waals surface area contributed by atoms with Crippen LogP contribution in [0, 0.1) is 5.92 Å². The van der Waals surface area contributed by atoms with Crippen molar-refractivity contribution < 1.29 is 28.2 Å². The Bertz CT molecular complexity index is 670. The van der Waals surface area contributed by atoms with Gasteiger partial charge in [-0.05, 0) is 17.5 Å². The summed E-state index contributed by atoms with van der Waals surface area (Å²) in [5.74, 6) is -4.90. The average molecular weight is 316 g/mol. The fourth-order valence-corrected chi connectivity index (χ4v) is 3.04. The van der Waals surface area contributed by atoms with E-state index in [0.717, 1.165) is 11.8 Å². The lowest BCUT2D eigenvalue weighted by atomic mass is 10.1. The van der Waals surface area contributed by atoms with Gasteiger partial charge < -0.3 is 10.2 Å². The highest BCUT2D eigenvalue weighted by Gasteiger charge is 2.44. The Kier molecular flexibility index (Phi) is 4.32. The topological polar surface area (TPSA) is 57.5 Å². The molecular formula is C14H11F3O3S. The van der Waals surface area contributed by atoms with E-state index in [0.29, 0.717) is 15.7 Å². The van der Waals surface area contributed by atoms with Crippen molar-refractivity contribution in [1.29, 1.82) is 0 Å². The Labute approximate surface area is 122 Å². The number of benzene rings is 2. The molecule has 2 N–H and O–H groups in total. The van der Waals surface area contributed by atoms with Crippen molar-refractivity contribution in [1.82, 2.24) is 0 Å². The summed E-state index contributed by atoms with van der Waals surface area (Å²) in [7, 11) is 0. The summed E-state index contributed by atoms with van der Waals surface area (Å²) >= 11 is 0.810. The summed E-state index contributed by atoms with van der Waals surface area (Å²) in [6, 6.07) is 9.58. The molecule has 2 aromatic rings. The van der Waals surface area contributed by atoms with Crippen molar-refractivity contribution in [2.45, 2.75) is 11.1 Å². The van der Waals surface area contributed by atoms with Gasteiger partial charge in [-0.1, -0.05) is 24.3 Å². The van der Waals surface area contributed by atoms with Gasteiger partial charge >= 0.3 is 12.1 Å². The molecule has 0 heterocycles. The molecule has 2 rings (SSSR count). The molecule has 0 fully saturated rings. The van der Waals surface area contributed by atoms with E-state index in [4.69, 9.17) is 5.11 Å². The normalized spacial score (nSPS) is 13.3. The molecule has 3 nitrogen and oxygen atoms in total. The number of aliphatic carboxylic acids is 1. The van der Waals surface area contributed by atoms with Crippen LogP contribution in [0.4, 0.5) is 13.2 Å². The lowest BCUT2D eigenvalue weighted by Crippen LogP contribution is -2.32. The number of carboxylic acids is 1. The molecule has 0 bridgehead atoms. The summed E-state index contributed by atoms with van der Waals surface area (Å²) in [5.41, 5.74) is 0. The van der Waals surface area contributed by atoms with Gasteiger partial charge in [-0.2, -0.15) is 13.2 Å². The Morgan fingerprint density at radius 1 is 1.14 bits per heavy atom. The van der Waals surface area contributed by atoms with Gasteiger partial charge in [-0.15, -0.1) is 11.8 Å². The molecule has 21 heavy (non-hydrogen) atoms. The van der Waals surface area contributed by atoms with E-state index < -0.39 is 23.8 Å². The number of phenolic OH excluding ortho intramolecular Hbond substituents is 1. The molecule has 112 valence electrons. The monoisotopic (exact) mass is 316 g/mol. The van der Waals surface area contributed by atoms with E-state index >= 15 is 0 Å². The van der Waals surface area contributed by atoms with Crippen molar-refractivity contribution in [2.75, 3.05) is 5.75 Å². The summed E-state index contributed by atoms with van der Waals surface area (Å²) in [6.45, 7) is 0. The predicted molar refractivity (Wildman–Crippen MR) is 73.5 cm³/mol. The van der Waals surface area contributed by atoms with Gasteiger partial charge in [-0.3, -0.25) is 4.79 Å². The number of halogens is 3. The number of carbonyl (C=O) groups is 1. The molecule has 0 amide bonds. The Balaban J connectivity index is 2.28. The summed E-state index contributed by atoms with van der Waals surface area (Å²) in [4.78, 5) is 11.2. The van der Waals surface area contributed by atoms with Crippen LogP contribution in [0.25, 0.3) is 10.8 Å². The maximum atomic E-state index is 12.6. The second kappa shape index (κ2) is 5.85. The number of fused-ring (bicyclic) bond motifs is 1. The van der Waals surface area contributed by atoms with Crippen LogP contribution in [0.15, 0.2) is 41.3 Å². The highest BCUT2D eigenvalue weighted by Crippen LogP contribution is 2.37. The lowest BCUT2D eigenvalue weighted by Gasteiger charge is -2.16. The molecule has 1 unspecified atom stereocenters. The largest absolute Gasteiger partial charge is 0.507 e. The highest BCUT2D eigenvalue weighted by molar-refractivity contribution is 7.99. The number of carboxylic acid groups (broad SMARTS) is 1. The maximum absolute atomic E-state index is 12.6. The zero-order valence-electron chi connectivity index (χ0n) is 10.6. The number of rotatable bonds is 4. The zero-order valence-corrected chi connectivity index (χ0v) is 11.4. The van der Waals surface area contributed by atoms with Crippen LogP contribution in [-0.2, 0) is 4.79 Å². The molecule has 0 aliphatic carbocycles.